The van der Waals surface area contributed by atoms with E-state index in [0.29, 0.717) is 24.3 Å². The molecule has 192 valence electrons. The van der Waals surface area contributed by atoms with E-state index in [-0.39, 0.29) is 17.9 Å². The van der Waals surface area contributed by atoms with Crippen molar-refractivity contribution in [3.8, 4) is 11.8 Å². The fourth-order valence-corrected chi connectivity index (χ4v) is 4.46. The minimum atomic E-state index is -0.466. The molecule has 0 fully saturated rings. The smallest absolute Gasteiger partial charge is 0.269 e. The fraction of sp³-hybridized carbons (Fsp3) is 0.0968. The van der Waals surface area contributed by atoms with Crippen LogP contribution in [0.5, 0.6) is 5.75 Å². The predicted octanol–water partition coefficient (Wildman–Crippen LogP) is 6.07. The van der Waals surface area contributed by atoms with Crippen LogP contribution in [0, 0.1) is 21.4 Å². The van der Waals surface area contributed by atoms with Crippen LogP contribution in [0.1, 0.15) is 16.7 Å². The lowest BCUT2D eigenvalue weighted by Crippen LogP contribution is -2.26. The first-order valence-corrected chi connectivity index (χ1v) is 12.4. The van der Waals surface area contributed by atoms with E-state index in [0.717, 1.165) is 32.8 Å². The van der Waals surface area contributed by atoms with E-state index >= 15 is 0 Å². The molecule has 0 radical (unpaired) electrons. The van der Waals surface area contributed by atoms with Crippen molar-refractivity contribution in [1.82, 2.24) is 10.3 Å². The zero-order valence-corrected chi connectivity index (χ0v) is 20.9. The Morgan fingerprint density at radius 1 is 1.00 bits per heavy atom. The summed E-state index contributed by atoms with van der Waals surface area (Å²) in [5, 5.41) is 26.5. The van der Waals surface area contributed by atoms with Gasteiger partial charge in [-0.05, 0) is 58.7 Å². The van der Waals surface area contributed by atoms with Crippen molar-refractivity contribution >= 4 is 39.3 Å². The van der Waals surface area contributed by atoms with Crippen molar-refractivity contribution in [3.63, 3.8) is 0 Å². The number of carbonyl (C=O) groups is 1. The number of H-pyrrole nitrogens is 1. The first kappa shape index (κ1) is 25.2. The van der Waals surface area contributed by atoms with Crippen LogP contribution in [-0.4, -0.2) is 22.4 Å². The molecule has 0 spiro atoms. The zero-order valence-electron chi connectivity index (χ0n) is 20.9. The summed E-state index contributed by atoms with van der Waals surface area (Å²) in [6.45, 7) is 0.536. The highest BCUT2D eigenvalue weighted by Gasteiger charge is 2.14. The molecule has 0 saturated carbocycles. The Hall–Kier alpha value is -5.42. The number of nitriles is 1. The summed E-state index contributed by atoms with van der Waals surface area (Å²) in [5.74, 6) is 0.0259. The average Bonchev–Trinajstić information content (AvgIpc) is 3.38. The molecule has 1 amide bonds. The van der Waals surface area contributed by atoms with E-state index in [9.17, 15) is 20.2 Å². The highest BCUT2D eigenvalue weighted by atomic mass is 16.6. The standard InChI is InChI=1S/C31H24N4O4/c32-18-24(31(36)33-16-15-23-19-34-29-8-4-3-7-27(23)29)17-28-26-6-2-1-5-22(26)11-14-30(28)39-20-21-9-12-25(13-10-21)35(37)38/h1-14,17,19,34H,15-16,20H2,(H,33,36)/b24-17-. The molecule has 0 saturated heterocycles. The molecule has 4 aromatic carbocycles. The van der Waals surface area contributed by atoms with Gasteiger partial charge in [-0.1, -0.05) is 48.5 Å². The number of benzene rings is 4. The number of nitrogens with one attached hydrogen (secondary N) is 2. The zero-order chi connectivity index (χ0) is 27.2. The van der Waals surface area contributed by atoms with Crippen molar-refractivity contribution in [2.24, 2.45) is 0 Å². The van der Waals surface area contributed by atoms with Crippen molar-refractivity contribution in [3.05, 3.63) is 124 Å². The van der Waals surface area contributed by atoms with Crippen LogP contribution in [0.15, 0.2) is 96.7 Å². The van der Waals surface area contributed by atoms with Crippen LogP contribution >= 0.6 is 0 Å². The molecule has 0 aliphatic heterocycles. The Bertz CT molecular complexity index is 1750. The van der Waals surface area contributed by atoms with Gasteiger partial charge in [0.25, 0.3) is 11.6 Å². The Morgan fingerprint density at radius 2 is 1.74 bits per heavy atom. The van der Waals surface area contributed by atoms with Gasteiger partial charge in [-0.2, -0.15) is 5.26 Å². The molecule has 8 nitrogen and oxygen atoms in total. The van der Waals surface area contributed by atoms with E-state index in [1.807, 2.05) is 66.9 Å². The third kappa shape index (κ3) is 5.63. The van der Waals surface area contributed by atoms with Gasteiger partial charge in [-0.3, -0.25) is 14.9 Å². The van der Waals surface area contributed by atoms with Crippen LogP contribution in [0.3, 0.4) is 0 Å². The monoisotopic (exact) mass is 516 g/mol. The molecule has 0 aliphatic rings. The Labute approximate surface area is 224 Å². The quantitative estimate of drug-likeness (QED) is 0.107. The highest BCUT2D eigenvalue weighted by molar-refractivity contribution is 6.05. The van der Waals surface area contributed by atoms with Gasteiger partial charge in [0.05, 0.1) is 4.92 Å². The van der Waals surface area contributed by atoms with Gasteiger partial charge in [0.15, 0.2) is 0 Å². The second-order valence-electron chi connectivity index (χ2n) is 8.95. The van der Waals surface area contributed by atoms with E-state index in [2.05, 4.69) is 10.3 Å². The van der Waals surface area contributed by atoms with Crippen molar-refractivity contribution in [2.45, 2.75) is 13.0 Å². The molecule has 0 atom stereocenters. The molecular weight excluding hydrogens is 492 g/mol. The van der Waals surface area contributed by atoms with Crippen LogP contribution in [0.25, 0.3) is 27.8 Å². The predicted molar refractivity (Wildman–Crippen MR) is 150 cm³/mol. The highest BCUT2D eigenvalue weighted by Crippen LogP contribution is 2.31. The topological polar surface area (TPSA) is 121 Å². The summed E-state index contributed by atoms with van der Waals surface area (Å²) >= 11 is 0. The lowest BCUT2D eigenvalue weighted by atomic mass is 10.0. The van der Waals surface area contributed by atoms with Crippen LogP contribution in [0.4, 0.5) is 5.69 Å². The summed E-state index contributed by atoms with van der Waals surface area (Å²) in [6.07, 6.45) is 4.10. The molecule has 39 heavy (non-hydrogen) atoms. The number of nitro groups is 1. The summed E-state index contributed by atoms with van der Waals surface area (Å²) < 4.78 is 6.07. The first-order valence-electron chi connectivity index (χ1n) is 12.4. The Morgan fingerprint density at radius 3 is 2.51 bits per heavy atom. The van der Waals surface area contributed by atoms with Crippen LogP contribution in [-0.2, 0) is 17.8 Å². The van der Waals surface area contributed by atoms with E-state index in [4.69, 9.17) is 4.74 Å². The molecule has 5 rings (SSSR count). The second-order valence-corrected chi connectivity index (χ2v) is 8.95. The summed E-state index contributed by atoms with van der Waals surface area (Å²) in [7, 11) is 0. The van der Waals surface area contributed by atoms with Crippen molar-refractivity contribution < 1.29 is 14.5 Å². The van der Waals surface area contributed by atoms with E-state index < -0.39 is 10.8 Å². The third-order valence-corrected chi connectivity index (χ3v) is 6.48. The van der Waals surface area contributed by atoms with Crippen LogP contribution < -0.4 is 10.1 Å². The number of amides is 1. The third-order valence-electron chi connectivity index (χ3n) is 6.48. The Balaban J connectivity index is 1.36. The molecule has 1 aromatic heterocycles. The largest absolute Gasteiger partial charge is 0.488 e. The molecule has 2 N–H and O–H groups in total. The molecule has 8 heteroatoms. The minimum Gasteiger partial charge on any atom is -0.488 e. The summed E-state index contributed by atoms with van der Waals surface area (Å²) in [6, 6.07) is 27.5. The average molecular weight is 517 g/mol. The molecular formula is C31H24N4O4. The fourth-order valence-electron chi connectivity index (χ4n) is 4.46. The number of carbonyl (C=O) groups excluding carboxylic acids is 1. The maximum Gasteiger partial charge on any atom is 0.269 e. The number of aromatic amines is 1. The number of hydrogen-bond donors (Lipinski definition) is 2. The molecule has 5 aromatic rings. The number of para-hydroxylation sites is 1. The number of aromatic nitrogens is 1. The number of nitro benzene ring substituents is 1. The first-order chi connectivity index (χ1) is 19.0. The maximum absolute atomic E-state index is 13.0. The number of ether oxygens (including phenoxy) is 1. The summed E-state index contributed by atoms with van der Waals surface area (Å²) in [4.78, 5) is 26.7. The van der Waals surface area contributed by atoms with Gasteiger partial charge in [0.2, 0.25) is 0 Å². The SMILES string of the molecule is N#C/C(=C/c1c(OCc2ccc([N+](=O)[O-])cc2)ccc2ccccc12)C(=O)NCCc1c[nH]c2ccccc12. The van der Waals surface area contributed by atoms with Gasteiger partial charge in [0, 0.05) is 41.3 Å². The number of non-ortho nitro benzene ring substituents is 1. The van der Waals surface area contributed by atoms with Gasteiger partial charge in [-0.15, -0.1) is 0 Å². The van der Waals surface area contributed by atoms with Gasteiger partial charge >= 0.3 is 0 Å². The Kier molecular flexibility index (Phi) is 7.32. The lowest BCUT2D eigenvalue weighted by Gasteiger charge is -2.13. The van der Waals surface area contributed by atoms with Gasteiger partial charge in [-0.25, -0.2) is 0 Å². The second kappa shape index (κ2) is 11.3. The van der Waals surface area contributed by atoms with Gasteiger partial charge in [0.1, 0.15) is 24.0 Å². The van der Waals surface area contributed by atoms with Crippen LogP contribution in [0.2, 0.25) is 0 Å². The normalized spacial score (nSPS) is 11.3. The van der Waals surface area contributed by atoms with Crippen molar-refractivity contribution in [2.75, 3.05) is 6.54 Å². The molecule has 0 unspecified atom stereocenters. The lowest BCUT2D eigenvalue weighted by molar-refractivity contribution is -0.384. The van der Waals surface area contributed by atoms with E-state index in [1.165, 1.54) is 12.1 Å². The van der Waals surface area contributed by atoms with E-state index in [1.54, 1.807) is 24.3 Å². The number of nitrogens with zero attached hydrogens (tertiary/aromatic N) is 2. The molecule has 0 aliphatic carbocycles. The maximum atomic E-state index is 13.0. The minimum absolute atomic E-state index is 0.00226. The molecule has 1 heterocycles. The molecule has 0 bridgehead atoms. The van der Waals surface area contributed by atoms with Crippen molar-refractivity contribution in [1.29, 1.82) is 5.26 Å². The number of rotatable bonds is 9. The number of hydrogen-bond acceptors (Lipinski definition) is 5. The number of fused-ring (bicyclic) bond motifs is 2. The summed E-state index contributed by atoms with van der Waals surface area (Å²) in [5.41, 5.74) is 3.45. The van der Waals surface area contributed by atoms with Gasteiger partial charge < -0.3 is 15.0 Å².